The number of methoxy groups -OCH3 is 1. The molecule has 0 fully saturated rings. The lowest BCUT2D eigenvalue weighted by molar-refractivity contribution is -0.141. The summed E-state index contributed by atoms with van der Waals surface area (Å²) in [5.41, 5.74) is -0.268. The number of hydrogen-bond acceptors (Lipinski definition) is 3. The Morgan fingerprint density at radius 1 is 1.13 bits per heavy atom. The highest BCUT2D eigenvalue weighted by Gasteiger charge is 2.35. The van der Waals surface area contributed by atoms with Crippen molar-refractivity contribution in [1.82, 2.24) is 10.6 Å². The van der Waals surface area contributed by atoms with E-state index in [9.17, 15) is 9.59 Å². The monoisotopic (exact) mass is 360 g/mol. The SMILES string of the molecule is COCCNC(=O)C(C)(C)C(=O)NCCc1ccc(Cl)cc1Cl. The van der Waals surface area contributed by atoms with Crippen molar-refractivity contribution in [3.05, 3.63) is 33.8 Å². The molecule has 1 aromatic rings. The molecule has 0 aliphatic rings. The van der Waals surface area contributed by atoms with Crippen molar-refractivity contribution in [2.24, 2.45) is 5.41 Å². The van der Waals surface area contributed by atoms with Crippen LogP contribution in [0.5, 0.6) is 0 Å². The molecule has 0 saturated carbocycles. The quantitative estimate of drug-likeness (QED) is 0.552. The second kappa shape index (κ2) is 9.11. The fourth-order valence-electron chi connectivity index (χ4n) is 1.85. The molecule has 0 heterocycles. The molecule has 0 atom stereocenters. The number of halogens is 2. The summed E-state index contributed by atoms with van der Waals surface area (Å²) in [6.45, 7) is 4.32. The van der Waals surface area contributed by atoms with Gasteiger partial charge in [0.15, 0.2) is 0 Å². The van der Waals surface area contributed by atoms with Crippen LogP contribution < -0.4 is 10.6 Å². The number of carbonyl (C=O) groups is 2. The van der Waals surface area contributed by atoms with Crippen molar-refractivity contribution in [2.45, 2.75) is 20.3 Å². The van der Waals surface area contributed by atoms with Crippen molar-refractivity contribution in [2.75, 3.05) is 26.8 Å². The number of rotatable bonds is 8. The molecular formula is C16H22Cl2N2O3. The van der Waals surface area contributed by atoms with Gasteiger partial charge in [-0.05, 0) is 38.0 Å². The van der Waals surface area contributed by atoms with Crippen LogP contribution in [0.1, 0.15) is 19.4 Å². The van der Waals surface area contributed by atoms with E-state index in [4.69, 9.17) is 27.9 Å². The van der Waals surface area contributed by atoms with Crippen LogP contribution in [0.4, 0.5) is 0 Å². The topological polar surface area (TPSA) is 67.4 Å². The number of nitrogens with one attached hydrogen (secondary N) is 2. The van der Waals surface area contributed by atoms with Gasteiger partial charge in [0, 0.05) is 30.2 Å². The number of ether oxygens (including phenoxy) is 1. The van der Waals surface area contributed by atoms with E-state index in [2.05, 4.69) is 10.6 Å². The third kappa shape index (κ3) is 6.01. The van der Waals surface area contributed by atoms with Gasteiger partial charge < -0.3 is 15.4 Å². The zero-order valence-corrected chi connectivity index (χ0v) is 15.1. The molecule has 0 bridgehead atoms. The van der Waals surface area contributed by atoms with Gasteiger partial charge in [-0.3, -0.25) is 9.59 Å². The Hall–Kier alpha value is -1.30. The molecule has 1 aromatic carbocycles. The van der Waals surface area contributed by atoms with E-state index in [1.54, 1.807) is 33.1 Å². The zero-order valence-electron chi connectivity index (χ0n) is 13.5. The maximum Gasteiger partial charge on any atom is 0.235 e. The van der Waals surface area contributed by atoms with E-state index < -0.39 is 5.41 Å². The summed E-state index contributed by atoms with van der Waals surface area (Å²) in [4.78, 5) is 24.3. The molecule has 2 amide bonds. The Balaban J connectivity index is 2.49. The Kier molecular flexibility index (Phi) is 7.82. The Morgan fingerprint density at radius 2 is 1.74 bits per heavy atom. The van der Waals surface area contributed by atoms with Crippen molar-refractivity contribution in [1.29, 1.82) is 0 Å². The maximum atomic E-state index is 12.2. The van der Waals surface area contributed by atoms with Gasteiger partial charge >= 0.3 is 0 Å². The average Bonchev–Trinajstić information content (AvgIpc) is 2.49. The molecule has 0 saturated heterocycles. The minimum atomic E-state index is -1.16. The summed E-state index contributed by atoms with van der Waals surface area (Å²) in [5.74, 6) is -0.672. The summed E-state index contributed by atoms with van der Waals surface area (Å²) in [6.07, 6.45) is 0.559. The second-order valence-electron chi connectivity index (χ2n) is 5.62. The van der Waals surface area contributed by atoms with E-state index >= 15 is 0 Å². The molecule has 0 radical (unpaired) electrons. The summed E-state index contributed by atoms with van der Waals surface area (Å²) < 4.78 is 4.86. The first kappa shape index (κ1) is 19.7. The molecule has 0 aromatic heterocycles. The van der Waals surface area contributed by atoms with Crippen molar-refractivity contribution < 1.29 is 14.3 Å². The van der Waals surface area contributed by atoms with Gasteiger partial charge in [0.25, 0.3) is 0 Å². The predicted octanol–water partition coefficient (Wildman–Crippen LogP) is 2.44. The van der Waals surface area contributed by atoms with E-state index in [1.165, 1.54) is 0 Å². The molecule has 0 aliphatic heterocycles. The second-order valence-corrected chi connectivity index (χ2v) is 6.46. The summed E-state index contributed by atoms with van der Waals surface area (Å²) in [7, 11) is 1.55. The normalized spacial score (nSPS) is 11.2. The largest absolute Gasteiger partial charge is 0.383 e. The highest BCUT2D eigenvalue weighted by Crippen LogP contribution is 2.21. The van der Waals surface area contributed by atoms with Gasteiger partial charge in [-0.2, -0.15) is 0 Å². The highest BCUT2D eigenvalue weighted by molar-refractivity contribution is 6.35. The van der Waals surface area contributed by atoms with Crippen LogP contribution in [0.25, 0.3) is 0 Å². The molecule has 1 rings (SSSR count). The molecule has 0 aliphatic carbocycles. The molecular weight excluding hydrogens is 339 g/mol. The van der Waals surface area contributed by atoms with Gasteiger partial charge in [0.1, 0.15) is 5.41 Å². The van der Waals surface area contributed by atoms with Crippen LogP contribution in [-0.2, 0) is 20.7 Å². The summed E-state index contributed by atoms with van der Waals surface area (Å²) >= 11 is 11.9. The van der Waals surface area contributed by atoms with E-state index in [0.29, 0.717) is 36.2 Å². The Morgan fingerprint density at radius 3 is 2.30 bits per heavy atom. The average molecular weight is 361 g/mol. The smallest absolute Gasteiger partial charge is 0.235 e. The van der Waals surface area contributed by atoms with Crippen LogP contribution in [0, 0.1) is 5.41 Å². The van der Waals surface area contributed by atoms with Gasteiger partial charge in [-0.25, -0.2) is 0 Å². The minimum absolute atomic E-state index is 0.336. The fourth-order valence-corrected chi connectivity index (χ4v) is 2.35. The van der Waals surface area contributed by atoms with Crippen molar-refractivity contribution >= 4 is 35.0 Å². The summed E-state index contributed by atoms with van der Waals surface area (Å²) in [6, 6.07) is 5.23. The standard InChI is InChI=1S/C16H22Cl2N2O3/c1-16(2,15(22)20-8-9-23-3)14(21)19-7-6-11-4-5-12(17)10-13(11)18/h4-5,10H,6-9H2,1-3H3,(H,19,21)(H,20,22). The predicted molar refractivity (Wildman–Crippen MR) is 91.8 cm³/mol. The van der Waals surface area contributed by atoms with Crippen LogP contribution in [0.15, 0.2) is 18.2 Å². The van der Waals surface area contributed by atoms with E-state index in [0.717, 1.165) is 5.56 Å². The number of hydrogen-bond donors (Lipinski definition) is 2. The zero-order chi connectivity index (χ0) is 17.5. The first-order valence-corrected chi connectivity index (χ1v) is 8.04. The van der Waals surface area contributed by atoms with Gasteiger partial charge in [-0.1, -0.05) is 29.3 Å². The lowest BCUT2D eigenvalue weighted by Gasteiger charge is -2.22. The Bertz CT molecular complexity index is 562. The molecule has 0 unspecified atom stereocenters. The molecule has 23 heavy (non-hydrogen) atoms. The molecule has 0 spiro atoms. The summed E-state index contributed by atoms with van der Waals surface area (Å²) in [5, 5.41) is 6.55. The first-order valence-electron chi connectivity index (χ1n) is 7.28. The third-order valence-electron chi connectivity index (χ3n) is 3.42. The fraction of sp³-hybridized carbons (Fsp3) is 0.500. The van der Waals surface area contributed by atoms with Crippen LogP contribution in [-0.4, -0.2) is 38.6 Å². The molecule has 7 heteroatoms. The van der Waals surface area contributed by atoms with E-state index in [-0.39, 0.29) is 11.8 Å². The van der Waals surface area contributed by atoms with Crippen molar-refractivity contribution in [3.63, 3.8) is 0 Å². The van der Waals surface area contributed by atoms with Crippen LogP contribution >= 0.6 is 23.2 Å². The molecule has 128 valence electrons. The maximum absolute atomic E-state index is 12.2. The number of amides is 2. The van der Waals surface area contributed by atoms with Gasteiger partial charge in [0.2, 0.25) is 11.8 Å². The van der Waals surface area contributed by atoms with E-state index in [1.807, 2.05) is 6.07 Å². The Labute approximate surface area is 146 Å². The van der Waals surface area contributed by atoms with Crippen LogP contribution in [0.3, 0.4) is 0 Å². The number of carbonyl (C=O) groups excluding carboxylic acids is 2. The first-order chi connectivity index (χ1) is 10.8. The lowest BCUT2D eigenvalue weighted by atomic mass is 9.91. The van der Waals surface area contributed by atoms with Crippen LogP contribution in [0.2, 0.25) is 10.0 Å². The number of benzene rings is 1. The molecule has 2 N–H and O–H groups in total. The van der Waals surface area contributed by atoms with Gasteiger partial charge in [-0.15, -0.1) is 0 Å². The van der Waals surface area contributed by atoms with Gasteiger partial charge in [0.05, 0.1) is 6.61 Å². The highest BCUT2D eigenvalue weighted by atomic mass is 35.5. The van der Waals surface area contributed by atoms with Crippen molar-refractivity contribution in [3.8, 4) is 0 Å². The minimum Gasteiger partial charge on any atom is -0.383 e. The third-order valence-corrected chi connectivity index (χ3v) is 4.01. The lowest BCUT2D eigenvalue weighted by Crippen LogP contribution is -2.48. The molecule has 5 nitrogen and oxygen atoms in total.